The van der Waals surface area contributed by atoms with Crippen LogP contribution in [-0.4, -0.2) is 90.0 Å². The number of imide groups is 1. The van der Waals surface area contributed by atoms with Crippen LogP contribution in [-0.2, 0) is 30.3 Å². The van der Waals surface area contributed by atoms with Crippen LogP contribution in [0.5, 0.6) is 6.01 Å². The Bertz CT molecular complexity index is 1570. The molecule has 3 atom stereocenters. The molecule has 4 heterocycles. The second-order valence-electron chi connectivity index (χ2n) is 11.8. The van der Waals surface area contributed by atoms with Crippen molar-refractivity contribution in [1.29, 1.82) is 0 Å². The van der Waals surface area contributed by atoms with Gasteiger partial charge in [-0.15, -0.1) is 13.2 Å². The Morgan fingerprint density at radius 1 is 1.10 bits per heavy atom. The summed E-state index contributed by atoms with van der Waals surface area (Å²) < 4.78 is 67.1. The van der Waals surface area contributed by atoms with Crippen LogP contribution in [0.25, 0.3) is 0 Å². The summed E-state index contributed by atoms with van der Waals surface area (Å²) >= 11 is 6.06. The number of hydrogen-bond acceptors (Lipinski definition) is 10. The van der Waals surface area contributed by atoms with E-state index in [1.54, 1.807) is 48.6 Å². The third-order valence-corrected chi connectivity index (χ3v) is 8.40. The smallest absolute Gasteiger partial charge is 0.494 e. The summed E-state index contributed by atoms with van der Waals surface area (Å²) in [7, 11) is 1.68. The van der Waals surface area contributed by atoms with Crippen LogP contribution in [0.3, 0.4) is 0 Å². The first-order valence-corrected chi connectivity index (χ1v) is 16.4. The molecule has 0 bridgehead atoms. The number of anilines is 1. The molecule has 0 saturated carbocycles. The number of halogens is 4. The third-order valence-electron chi connectivity index (χ3n) is 8.18. The van der Waals surface area contributed by atoms with Crippen molar-refractivity contribution in [2.24, 2.45) is 5.92 Å². The van der Waals surface area contributed by atoms with Gasteiger partial charge in [0, 0.05) is 32.3 Å². The Hall–Kier alpha value is -4.08. The molecular weight excluding hydrogens is 671 g/mol. The van der Waals surface area contributed by atoms with Crippen molar-refractivity contribution >= 4 is 29.2 Å². The van der Waals surface area contributed by atoms with Gasteiger partial charge in [-0.25, -0.2) is 0 Å². The van der Waals surface area contributed by atoms with Crippen molar-refractivity contribution < 1.29 is 46.4 Å². The van der Waals surface area contributed by atoms with Gasteiger partial charge in [-0.2, -0.15) is 4.98 Å². The maximum atomic E-state index is 14.2. The van der Waals surface area contributed by atoms with E-state index in [0.717, 1.165) is 19.3 Å². The lowest BCUT2D eigenvalue weighted by Crippen LogP contribution is -2.46. The SMILES string of the molecule is C[C@@H]1C=C(OC(F)(F)F)C=CC=C1OCCOc1nc2c(n1Cc1ccc(Cl)cn1)C(=O)N(CCCOC1CCCCO1)C(=O)[C@H](C)N2C. The third kappa shape index (κ3) is 9.34. The van der Waals surface area contributed by atoms with Crippen LogP contribution < -0.4 is 9.64 Å². The van der Waals surface area contributed by atoms with Crippen LogP contribution in [0, 0.1) is 5.92 Å². The quantitative estimate of drug-likeness (QED) is 0.192. The number of nitrogens with zero attached hydrogens (tertiary/aromatic N) is 5. The number of alkyl halides is 3. The van der Waals surface area contributed by atoms with Gasteiger partial charge < -0.3 is 28.6 Å². The van der Waals surface area contributed by atoms with Crippen LogP contribution in [0.15, 0.2) is 54.2 Å². The predicted octanol–water partition coefficient (Wildman–Crippen LogP) is 5.63. The summed E-state index contributed by atoms with van der Waals surface area (Å²) in [5.74, 6) is -1.10. The van der Waals surface area contributed by atoms with Crippen molar-refractivity contribution in [2.45, 2.75) is 64.8 Å². The Balaban J connectivity index is 1.33. The number of allylic oxidation sites excluding steroid dienone is 4. The van der Waals surface area contributed by atoms with Crippen LogP contribution >= 0.6 is 11.6 Å². The minimum absolute atomic E-state index is 0.0134. The first-order valence-electron chi connectivity index (χ1n) is 16.1. The van der Waals surface area contributed by atoms with Gasteiger partial charge in [-0.1, -0.05) is 24.6 Å². The van der Waals surface area contributed by atoms with Gasteiger partial charge in [0.1, 0.15) is 30.8 Å². The van der Waals surface area contributed by atoms with E-state index < -0.39 is 24.2 Å². The highest BCUT2D eigenvalue weighted by molar-refractivity contribution is 6.30. The maximum absolute atomic E-state index is 14.2. The highest BCUT2D eigenvalue weighted by Crippen LogP contribution is 2.32. The minimum Gasteiger partial charge on any atom is -0.494 e. The molecule has 1 fully saturated rings. The van der Waals surface area contributed by atoms with E-state index in [-0.39, 0.29) is 61.8 Å². The van der Waals surface area contributed by atoms with Crippen LogP contribution in [0.2, 0.25) is 5.02 Å². The van der Waals surface area contributed by atoms with E-state index >= 15 is 0 Å². The molecule has 2 amide bonds. The van der Waals surface area contributed by atoms with E-state index in [1.165, 1.54) is 29.3 Å². The van der Waals surface area contributed by atoms with E-state index in [1.807, 2.05) is 0 Å². The molecule has 266 valence electrons. The molecule has 49 heavy (non-hydrogen) atoms. The Kier molecular flexibility index (Phi) is 11.9. The molecule has 5 rings (SSSR count). The lowest BCUT2D eigenvalue weighted by atomic mass is 10.1. The van der Waals surface area contributed by atoms with E-state index in [9.17, 15) is 22.8 Å². The summed E-state index contributed by atoms with van der Waals surface area (Å²) in [6, 6.07) is 2.76. The number of imidazole rings is 1. The average Bonchev–Trinajstić information content (AvgIpc) is 3.29. The molecule has 0 N–H and O–H groups in total. The lowest BCUT2D eigenvalue weighted by Gasteiger charge is -2.26. The normalized spacial score (nSPS) is 21.5. The largest absolute Gasteiger partial charge is 0.573 e. The second kappa shape index (κ2) is 16.1. The van der Waals surface area contributed by atoms with Gasteiger partial charge in [0.25, 0.3) is 17.8 Å². The van der Waals surface area contributed by atoms with Crippen LogP contribution in [0.1, 0.15) is 55.7 Å². The number of hydrogen-bond donors (Lipinski definition) is 0. The molecule has 2 aliphatic heterocycles. The van der Waals surface area contributed by atoms with Crippen molar-refractivity contribution in [1.82, 2.24) is 19.4 Å². The monoisotopic (exact) mass is 709 g/mol. The second-order valence-corrected chi connectivity index (χ2v) is 12.2. The highest BCUT2D eigenvalue weighted by atomic mass is 35.5. The van der Waals surface area contributed by atoms with E-state index in [2.05, 4.69) is 14.7 Å². The van der Waals surface area contributed by atoms with Crippen molar-refractivity contribution in [3.8, 4) is 6.01 Å². The van der Waals surface area contributed by atoms with E-state index in [0.29, 0.717) is 36.1 Å². The minimum atomic E-state index is -4.81. The number of likely N-dealkylation sites (N-methyl/N-ethyl adjacent to an activating group) is 1. The van der Waals surface area contributed by atoms with Crippen molar-refractivity contribution in [2.75, 3.05) is 44.9 Å². The Morgan fingerprint density at radius 3 is 2.61 bits per heavy atom. The fraction of sp³-hybridized carbons (Fsp3) is 0.515. The molecule has 2 aromatic rings. The zero-order chi connectivity index (χ0) is 35.1. The fourth-order valence-corrected chi connectivity index (χ4v) is 5.65. The molecule has 12 nitrogen and oxygen atoms in total. The molecule has 0 spiro atoms. The first-order chi connectivity index (χ1) is 23.4. The van der Waals surface area contributed by atoms with Gasteiger partial charge in [-0.3, -0.25) is 24.0 Å². The molecule has 3 aliphatic rings. The molecule has 16 heteroatoms. The molecule has 1 unspecified atom stereocenters. The molecule has 0 radical (unpaired) electrons. The zero-order valence-corrected chi connectivity index (χ0v) is 28.2. The summed E-state index contributed by atoms with van der Waals surface area (Å²) in [4.78, 5) is 39.6. The molecule has 2 aromatic heterocycles. The predicted molar refractivity (Wildman–Crippen MR) is 172 cm³/mol. The number of ether oxygens (including phenoxy) is 5. The maximum Gasteiger partial charge on any atom is 0.573 e. The average molecular weight is 710 g/mol. The Morgan fingerprint density at radius 2 is 1.90 bits per heavy atom. The summed E-state index contributed by atoms with van der Waals surface area (Å²) in [6.07, 6.45) is 5.10. The number of fused-ring (bicyclic) bond motifs is 1. The Labute approximate surface area is 287 Å². The highest BCUT2D eigenvalue weighted by Gasteiger charge is 2.40. The van der Waals surface area contributed by atoms with Gasteiger partial charge in [0.05, 0.1) is 23.9 Å². The van der Waals surface area contributed by atoms with Gasteiger partial charge in [0.2, 0.25) is 0 Å². The standard InChI is InChI=1S/C33H39ClF3N5O7/c1-21-18-25(49-33(35,36)37)8-6-9-26(21)45-16-17-48-32-39-29-28(42(32)20-24-12-11-23(34)19-38-24)31(44)41(30(43)22(2)40(29)3)13-7-15-47-27-10-4-5-14-46-27/h6,8-9,11-12,18-19,21-22,27H,4-5,7,10,13-17,20H2,1-3H3/t21-,22+,27?/m1/s1. The number of carbonyl (C=O) groups excluding carboxylic acids is 2. The van der Waals surface area contributed by atoms with Gasteiger partial charge in [0.15, 0.2) is 17.8 Å². The zero-order valence-electron chi connectivity index (χ0n) is 27.5. The molecule has 1 saturated heterocycles. The van der Waals surface area contributed by atoms with E-state index in [4.69, 9.17) is 30.5 Å². The summed E-state index contributed by atoms with van der Waals surface area (Å²) in [5.41, 5.74) is 0.710. The lowest BCUT2D eigenvalue weighted by molar-refractivity contribution is -0.303. The number of rotatable bonds is 13. The number of pyridine rings is 1. The van der Waals surface area contributed by atoms with Crippen molar-refractivity contribution in [3.05, 3.63) is 70.6 Å². The molecule has 0 aromatic carbocycles. The van der Waals surface area contributed by atoms with Crippen molar-refractivity contribution in [3.63, 3.8) is 0 Å². The first kappa shape index (κ1) is 36.2. The number of aromatic nitrogens is 3. The number of carbonyl (C=O) groups is 2. The fourth-order valence-electron chi connectivity index (χ4n) is 5.54. The van der Waals surface area contributed by atoms with Gasteiger partial charge in [-0.05, 0) is 63.0 Å². The number of amides is 2. The van der Waals surface area contributed by atoms with Gasteiger partial charge >= 0.3 is 6.36 Å². The molecular formula is C33H39ClF3N5O7. The molecule has 1 aliphatic carbocycles. The summed E-state index contributed by atoms with van der Waals surface area (Å²) in [5, 5.41) is 0.438. The van der Waals surface area contributed by atoms with Crippen LogP contribution in [0.4, 0.5) is 19.0 Å². The topological polar surface area (TPSA) is 117 Å². The summed E-state index contributed by atoms with van der Waals surface area (Å²) in [6.45, 7) is 4.54.